The van der Waals surface area contributed by atoms with Gasteiger partial charge in [-0.1, -0.05) is 13.0 Å². The van der Waals surface area contributed by atoms with Gasteiger partial charge in [0.2, 0.25) is 0 Å². The van der Waals surface area contributed by atoms with Gasteiger partial charge in [0.1, 0.15) is 5.82 Å². The molecule has 80 valence electrons. The van der Waals surface area contributed by atoms with Crippen LogP contribution in [0.4, 0.5) is 0 Å². The highest BCUT2D eigenvalue weighted by atomic mass is 15.0. The number of pyridine rings is 1. The Labute approximate surface area is 90.1 Å². The molecule has 3 nitrogen and oxygen atoms in total. The number of imidazole rings is 1. The summed E-state index contributed by atoms with van der Waals surface area (Å²) in [6.45, 7) is 3.01. The molecule has 2 heterocycles. The maximum absolute atomic E-state index is 4.67. The summed E-state index contributed by atoms with van der Waals surface area (Å²) >= 11 is 0. The van der Waals surface area contributed by atoms with E-state index in [1.54, 1.807) is 0 Å². The van der Waals surface area contributed by atoms with Gasteiger partial charge in [0, 0.05) is 19.2 Å². The number of rotatable bonds is 4. The summed E-state index contributed by atoms with van der Waals surface area (Å²) < 4.78 is 2.19. The molecule has 2 aromatic rings. The van der Waals surface area contributed by atoms with E-state index < -0.39 is 0 Å². The van der Waals surface area contributed by atoms with Crippen molar-refractivity contribution in [1.29, 1.82) is 0 Å². The van der Waals surface area contributed by atoms with Gasteiger partial charge in [-0.05, 0) is 25.6 Å². The monoisotopic (exact) mass is 203 g/mol. The zero-order valence-corrected chi connectivity index (χ0v) is 9.33. The highest BCUT2D eigenvalue weighted by molar-refractivity contribution is 5.53. The van der Waals surface area contributed by atoms with Crippen LogP contribution >= 0.6 is 0 Å². The SMILES string of the molecule is CCCc1nc(CNC)c2ccccn12. The van der Waals surface area contributed by atoms with E-state index in [4.69, 9.17) is 0 Å². The summed E-state index contributed by atoms with van der Waals surface area (Å²) in [7, 11) is 1.95. The molecule has 0 aliphatic heterocycles. The third-order valence-electron chi connectivity index (χ3n) is 2.52. The molecule has 0 fully saturated rings. The molecule has 0 amide bonds. The molecule has 15 heavy (non-hydrogen) atoms. The summed E-state index contributed by atoms with van der Waals surface area (Å²) in [4.78, 5) is 4.67. The van der Waals surface area contributed by atoms with Crippen LogP contribution in [-0.4, -0.2) is 16.4 Å². The third kappa shape index (κ3) is 1.88. The molecule has 0 spiro atoms. The second-order valence-corrected chi connectivity index (χ2v) is 3.71. The van der Waals surface area contributed by atoms with E-state index in [0.29, 0.717) is 0 Å². The predicted octanol–water partition coefficient (Wildman–Crippen LogP) is 2.01. The maximum atomic E-state index is 4.67. The van der Waals surface area contributed by atoms with Crippen molar-refractivity contribution >= 4 is 5.52 Å². The first kappa shape index (κ1) is 10.2. The van der Waals surface area contributed by atoms with Gasteiger partial charge in [0.15, 0.2) is 0 Å². The highest BCUT2D eigenvalue weighted by Crippen LogP contribution is 2.13. The number of nitrogens with one attached hydrogen (secondary N) is 1. The first-order valence-electron chi connectivity index (χ1n) is 5.46. The summed E-state index contributed by atoms with van der Waals surface area (Å²) in [5.41, 5.74) is 2.36. The summed E-state index contributed by atoms with van der Waals surface area (Å²) in [5.74, 6) is 1.17. The summed E-state index contributed by atoms with van der Waals surface area (Å²) in [6, 6.07) is 6.24. The van der Waals surface area contributed by atoms with E-state index in [1.807, 2.05) is 7.05 Å². The molecule has 2 aromatic heterocycles. The fourth-order valence-electron chi connectivity index (χ4n) is 1.87. The van der Waals surface area contributed by atoms with E-state index in [-0.39, 0.29) is 0 Å². The van der Waals surface area contributed by atoms with Gasteiger partial charge in [-0.3, -0.25) is 0 Å². The van der Waals surface area contributed by atoms with Gasteiger partial charge in [0.05, 0.1) is 11.2 Å². The first-order valence-corrected chi connectivity index (χ1v) is 5.46. The van der Waals surface area contributed by atoms with Gasteiger partial charge >= 0.3 is 0 Å². The van der Waals surface area contributed by atoms with Gasteiger partial charge in [-0.15, -0.1) is 0 Å². The molecule has 0 bridgehead atoms. The van der Waals surface area contributed by atoms with Crippen LogP contribution in [0.2, 0.25) is 0 Å². The standard InChI is InChI=1S/C12H17N3/c1-3-6-12-14-10(9-13-2)11-7-4-5-8-15(11)12/h4-5,7-8,13H,3,6,9H2,1-2H3. The van der Waals surface area contributed by atoms with Crippen molar-refractivity contribution < 1.29 is 0 Å². The lowest BCUT2D eigenvalue weighted by Gasteiger charge is -1.98. The van der Waals surface area contributed by atoms with Crippen LogP contribution in [-0.2, 0) is 13.0 Å². The molecule has 0 atom stereocenters. The number of hydrogen-bond donors (Lipinski definition) is 1. The molecule has 2 rings (SSSR count). The Bertz CT molecular complexity index is 405. The predicted molar refractivity (Wildman–Crippen MR) is 62.0 cm³/mol. The van der Waals surface area contributed by atoms with Gasteiger partial charge in [-0.25, -0.2) is 4.98 Å². The normalized spacial score (nSPS) is 11.1. The molecule has 3 heteroatoms. The van der Waals surface area contributed by atoms with Crippen LogP contribution < -0.4 is 5.32 Å². The quantitative estimate of drug-likeness (QED) is 0.823. The second-order valence-electron chi connectivity index (χ2n) is 3.71. The zero-order valence-electron chi connectivity index (χ0n) is 9.33. The Kier molecular flexibility index (Phi) is 3.02. The Morgan fingerprint density at radius 3 is 3.00 bits per heavy atom. The van der Waals surface area contributed by atoms with E-state index in [9.17, 15) is 0 Å². The molecule has 0 saturated heterocycles. The number of hydrogen-bond acceptors (Lipinski definition) is 2. The van der Waals surface area contributed by atoms with E-state index in [1.165, 1.54) is 11.3 Å². The van der Waals surface area contributed by atoms with Crippen molar-refractivity contribution in [2.75, 3.05) is 7.05 Å². The van der Waals surface area contributed by atoms with Crippen LogP contribution in [0.15, 0.2) is 24.4 Å². The second kappa shape index (κ2) is 4.45. The summed E-state index contributed by atoms with van der Waals surface area (Å²) in [6.07, 6.45) is 4.26. The minimum absolute atomic E-state index is 0.831. The first-order chi connectivity index (χ1) is 7.36. The molecular weight excluding hydrogens is 186 g/mol. The van der Waals surface area contributed by atoms with E-state index in [2.05, 4.69) is 46.0 Å². The van der Waals surface area contributed by atoms with Crippen LogP contribution in [0, 0.1) is 0 Å². The average molecular weight is 203 g/mol. The molecule has 0 radical (unpaired) electrons. The van der Waals surface area contributed by atoms with Gasteiger partial charge < -0.3 is 9.72 Å². The largest absolute Gasteiger partial charge is 0.314 e. The van der Waals surface area contributed by atoms with Crippen LogP contribution in [0.3, 0.4) is 0 Å². The third-order valence-corrected chi connectivity index (χ3v) is 2.52. The molecule has 0 unspecified atom stereocenters. The van der Waals surface area contributed by atoms with Crippen molar-refractivity contribution in [3.05, 3.63) is 35.9 Å². The van der Waals surface area contributed by atoms with Crippen molar-refractivity contribution in [3.63, 3.8) is 0 Å². The maximum Gasteiger partial charge on any atom is 0.113 e. The highest BCUT2D eigenvalue weighted by Gasteiger charge is 2.08. The zero-order chi connectivity index (χ0) is 10.7. The average Bonchev–Trinajstić information content (AvgIpc) is 2.59. The lowest BCUT2D eigenvalue weighted by atomic mass is 10.3. The minimum atomic E-state index is 0.831. The fraction of sp³-hybridized carbons (Fsp3) is 0.417. The number of nitrogens with zero attached hydrogens (tertiary/aromatic N) is 2. The molecule has 0 saturated carbocycles. The lowest BCUT2D eigenvalue weighted by Crippen LogP contribution is -2.05. The van der Waals surface area contributed by atoms with Crippen molar-refractivity contribution in [1.82, 2.24) is 14.7 Å². The van der Waals surface area contributed by atoms with Crippen molar-refractivity contribution in [2.45, 2.75) is 26.3 Å². The topological polar surface area (TPSA) is 29.3 Å². The van der Waals surface area contributed by atoms with Gasteiger partial charge in [0.25, 0.3) is 0 Å². The fourth-order valence-corrected chi connectivity index (χ4v) is 1.87. The smallest absolute Gasteiger partial charge is 0.113 e. The molecule has 0 aromatic carbocycles. The minimum Gasteiger partial charge on any atom is -0.314 e. The molecule has 0 aliphatic rings. The number of fused-ring (bicyclic) bond motifs is 1. The van der Waals surface area contributed by atoms with Crippen LogP contribution in [0.25, 0.3) is 5.52 Å². The Balaban J connectivity index is 2.52. The van der Waals surface area contributed by atoms with Crippen molar-refractivity contribution in [3.8, 4) is 0 Å². The molecule has 0 aliphatic carbocycles. The van der Waals surface area contributed by atoms with Gasteiger partial charge in [-0.2, -0.15) is 0 Å². The molecular formula is C12H17N3. The van der Waals surface area contributed by atoms with Crippen LogP contribution in [0.5, 0.6) is 0 Å². The van der Waals surface area contributed by atoms with E-state index >= 15 is 0 Å². The Morgan fingerprint density at radius 2 is 2.27 bits per heavy atom. The Hall–Kier alpha value is -1.35. The lowest BCUT2D eigenvalue weighted by molar-refractivity contribution is 0.784. The van der Waals surface area contributed by atoms with Crippen LogP contribution in [0.1, 0.15) is 24.9 Å². The summed E-state index contributed by atoms with van der Waals surface area (Å²) in [5, 5.41) is 3.16. The number of aryl methyl sites for hydroxylation is 1. The van der Waals surface area contributed by atoms with E-state index in [0.717, 1.165) is 25.1 Å². The van der Waals surface area contributed by atoms with Crippen molar-refractivity contribution in [2.24, 2.45) is 0 Å². The Morgan fingerprint density at radius 1 is 1.40 bits per heavy atom. The number of aromatic nitrogens is 2. The molecule has 1 N–H and O–H groups in total.